The first-order chi connectivity index (χ1) is 14.6. The molecule has 7 heteroatoms. The van der Waals surface area contributed by atoms with Crippen molar-refractivity contribution in [3.8, 4) is 17.2 Å². The average Bonchev–Trinajstić information content (AvgIpc) is 3.23. The maximum atomic E-state index is 12.9. The predicted molar refractivity (Wildman–Crippen MR) is 113 cm³/mol. The highest BCUT2D eigenvalue weighted by Crippen LogP contribution is 2.32. The number of nitrogens with zero attached hydrogens (tertiary/aromatic N) is 2. The molecular formula is C23H17N3O4. The molecule has 0 aliphatic carbocycles. The zero-order valence-corrected chi connectivity index (χ0v) is 16.1. The third-order valence-corrected chi connectivity index (χ3v) is 4.96. The number of anilines is 1. The molecule has 1 aliphatic heterocycles. The molecule has 7 nitrogen and oxygen atoms in total. The first-order valence-corrected chi connectivity index (χ1v) is 9.40. The van der Waals surface area contributed by atoms with Crippen molar-refractivity contribution in [2.45, 2.75) is 6.92 Å². The predicted octanol–water partition coefficient (Wildman–Crippen LogP) is 3.68. The highest BCUT2D eigenvalue weighted by atomic mass is 16.7. The molecule has 30 heavy (non-hydrogen) atoms. The van der Waals surface area contributed by atoms with Crippen LogP contribution in [0.15, 0.2) is 71.5 Å². The number of carbonyl (C=O) groups is 1. The largest absolute Gasteiger partial charge is 0.454 e. The van der Waals surface area contributed by atoms with Crippen LogP contribution in [0.25, 0.3) is 16.6 Å². The van der Waals surface area contributed by atoms with E-state index in [0.717, 1.165) is 0 Å². The summed E-state index contributed by atoms with van der Waals surface area (Å²) < 4.78 is 12.1. The van der Waals surface area contributed by atoms with Crippen LogP contribution in [0.1, 0.15) is 16.2 Å². The Labute approximate surface area is 171 Å². The lowest BCUT2D eigenvalue weighted by atomic mass is 10.2. The molecule has 3 aromatic carbocycles. The fourth-order valence-electron chi connectivity index (χ4n) is 3.48. The Morgan fingerprint density at radius 1 is 1.00 bits per heavy atom. The summed E-state index contributed by atoms with van der Waals surface area (Å²) in [6, 6.07) is 19.4. The van der Waals surface area contributed by atoms with Gasteiger partial charge in [0.25, 0.3) is 11.5 Å². The van der Waals surface area contributed by atoms with Gasteiger partial charge in [0.2, 0.25) is 6.79 Å². The van der Waals surface area contributed by atoms with E-state index in [1.807, 2.05) is 18.2 Å². The Morgan fingerprint density at radius 3 is 2.60 bits per heavy atom. The van der Waals surface area contributed by atoms with Crippen molar-refractivity contribution >= 4 is 22.5 Å². The van der Waals surface area contributed by atoms with Gasteiger partial charge >= 0.3 is 0 Å². The number of benzene rings is 3. The highest BCUT2D eigenvalue weighted by Gasteiger charge is 2.16. The topological polar surface area (TPSA) is 82.5 Å². The number of carbonyl (C=O) groups excluding carboxylic acids is 1. The van der Waals surface area contributed by atoms with Gasteiger partial charge in [-0.15, -0.1) is 0 Å². The van der Waals surface area contributed by atoms with Crippen molar-refractivity contribution < 1.29 is 14.3 Å². The minimum Gasteiger partial charge on any atom is -0.454 e. The summed E-state index contributed by atoms with van der Waals surface area (Å²) in [5.74, 6) is 1.51. The van der Waals surface area contributed by atoms with Crippen LogP contribution in [0, 0.1) is 6.92 Å². The van der Waals surface area contributed by atoms with E-state index in [-0.39, 0.29) is 18.3 Å². The van der Waals surface area contributed by atoms with Crippen LogP contribution in [0.2, 0.25) is 0 Å². The van der Waals surface area contributed by atoms with E-state index in [1.54, 1.807) is 60.0 Å². The van der Waals surface area contributed by atoms with Crippen molar-refractivity contribution in [1.82, 2.24) is 9.55 Å². The number of para-hydroxylation sites is 1. The van der Waals surface area contributed by atoms with Gasteiger partial charge in [0, 0.05) is 11.3 Å². The Bertz CT molecular complexity index is 1340. The first kappa shape index (κ1) is 17.9. The van der Waals surface area contributed by atoms with Crippen LogP contribution < -0.4 is 20.3 Å². The van der Waals surface area contributed by atoms with Crippen LogP contribution in [0.4, 0.5) is 5.69 Å². The molecule has 148 valence electrons. The monoisotopic (exact) mass is 399 g/mol. The van der Waals surface area contributed by atoms with Crippen LogP contribution in [0.5, 0.6) is 11.5 Å². The molecule has 0 saturated heterocycles. The fraction of sp³-hybridized carbons (Fsp3) is 0.0870. The molecule has 0 atom stereocenters. The molecule has 1 aliphatic rings. The van der Waals surface area contributed by atoms with Gasteiger partial charge in [0.1, 0.15) is 5.82 Å². The number of ether oxygens (including phenoxy) is 2. The lowest BCUT2D eigenvalue weighted by Gasteiger charge is -2.12. The highest BCUT2D eigenvalue weighted by molar-refractivity contribution is 6.04. The minimum atomic E-state index is -0.262. The number of amides is 1. The average molecular weight is 399 g/mol. The number of fused-ring (bicyclic) bond motifs is 2. The maximum absolute atomic E-state index is 12.9. The number of aryl methyl sites for hydroxylation is 1. The number of rotatable bonds is 3. The van der Waals surface area contributed by atoms with Crippen molar-refractivity contribution in [3.63, 3.8) is 0 Å². The normalized spacial score (nSPS) is 12.2. The van der Waals surface area contributed by atoms with Gasteiger partial charge in [-0.3, -0.25) is 14.2 Å². The van der Waals surface area contributed by atoms with Crippen LogP contribution in [-0.4, -0.2) is 22.3 Å². The molecule has 1 N–H and O–H groups in total. The van der Waals surface area contributed by atoms with E-state index < -0.39 is 0 Å². The molecule has 0 fully saturated rings. The summed E-state index contributed by atoms with van der Waals surface area (Å²) in [5, 5.41) is 3.41. The molecule has 5 rings (SSSR count). The van der Waals surface area contributed by atoms with Gasteiger partial charge in [0.15, 0.2) is 11.5 Å². The third kappa shape index (κ3) is 3.06. The van der Waals surface area contributed by atoms with Gasteiger partial charge in [-0.1, -0.05) is 12.1 Å². The zero-order chi connectivity index (χ0) is 20.7. The smallest absolute Gasteiger partial charge is 0.265 e. The van der Waals surface area contributed by atoms with Gasteiger partial charge in [0.05, 0.1) is 16.6 Å². The molecule has 2 heterocycles. The van der Waals surface area contributed by atoms with Crippen molar-refractivity contribution in [3.05, 3.63) is 88.5 Å². The summed E-state index contributed by atoms with van der Waals surface area (Å²) in [5.41, 5.74) is 2.30. The molecule has 0 radical (unpaired) electrons. The first-order valence-electron chi connectivity index (χ1n) is 9.40. The summed E-state index contributed by atoms with van der Waals surface area (Å²) >= 11 is 0. The molecule has 0 unspecified atom stereocenters. The molecule has 0 bridgehead atoms. The summed E-state index contributed by atoms with van der Waals surface area (Å²) in [4.78, 5) is 30.0. The van der Waals surface area contributed by atoms with Gasteiger partial charge in [-0.25, -0.2) is 4.98 Å². The second-order valence-corrected chi connectivity index (χ2v) is 6.89. The Balaban J connectivity index is 1.42. The van der Waals surface area contributed by atoms with E-state index in [1.165, 1.54) is 0 Å². The lowest BCUT2D eigenvalue weighted by molar-refractivity contribution is 0.102. The van der Waals surface area contributed by atoms with Gasteiger partial charge in [-0.2, -0.15) is 0 Å². The lowest BCUT2D eigenvalue weighted by Crippen LogP contribution is -2.22. The van der Waals surface area contributed by atoms with E-state index in [0.29, 0.717) is 45.2 Å². The van der Waals surface area contributed by atoms with Crippen LogP contribution >= 0.6 is 0 Å². The SMILES string of the molecule is Cc1nc2ccccc2c(=O)n1-c1ccc(NC(=O)c2ccc3c(c2)OCO3)cc1. The number of hydrogen-bond acceptors (Lipinski definition) is 5. The third-order valence-electron chi connectivity index (χ3n) is 4.96. The van der Waals surface area contributed by atoms with Gasteiger partial charge < -0.3 is 14.8 Å². The van der Waals surface area contributed by atoms with Gasteiger partial charge in [-0.05, 0) is 61.5 Å². The molecule has 1 aromatic heterocycles. The van der Waals surface area contributed by atoms with Crippen molar-refractivity contribution in [2.24, 2.45) is 0 Å². The molecule has 0 spiro atoms. The second kappa shape index (κ2) is 7.04. The van der Waals surface area contributed by atoms with Crippen molar-refractivity contribution in [1.29, 1.82) is 0 Å². The van der Waals surface area contributed by atoms with Crippen LogP contribution in [-0.2, 0) is 0 Å². The van der Waals surface area contributed by atoms with E-state index in [9.17, 15) is 9.59 Å². The van der Waals surface area contributed by atoms with E-state index >= 15 is 0 Å². The van der Waals surface area contributed by atoms with E-state index in [2.05, 4.69) is 10.3 Å². The summed E-state index contributed by atoms with van der Waals surface area (Å²) in [7, 11) is 0. The number of hydrogen-bond donors (Lipinski definition) is 1. The Kier molecular flexibility index (Phi) is 4.21. The summed E-state index contributed by atoms with van der Waals surface area (Å²) in [6.07, 6.45) is 0. The second-order valence-electron chi connectivity index (χ2n) is 6.89. The Morgan fingerprint density at radius 2 is 1.77 bits per heavy atom. The molecule has 4 aromatic rings. The van der Waals surface area contributed by atoms with Crippen LogP contribution in [0.3, 0.4) is 0 Å². The minimum absolute atomic E-state index is 0.129. The quantitative estimate of drug-likeness (QED) is 0.568. The summed E-state index contributed by atoms with van der Waals surface area (Å²) in [6.45, 7) is 1.95. The molecule has 0 saturated carbocycles. The number of aromatic nitrogens is 2. The molecule has 1 amide bonds. The van der Waals surface area contributed by atoms with Crippen molar-refractivity contribution in [2.75, 3.05) is 12.1 Å². The molecular weight excluding hydrogens is 382 g/mol. The number of nitrogens with one attached hydrogen (secondary N) is 1. The van der Waals surface area contributed by atoms with E-state index in [4.69, 9.17) is 9.47 Å². The fourth-order valence-corrected chi connectivity index (χ4v) is 3.48. The standard InChI is InChI=1S/C23H17N3O4/c1-14-24-19-5-3-2-4-18(19)23(28)26(14)17-9-7-16(8-10-17)25-22(27)15-6-11-20-21(12-15)30-13-29-20/h2-12H,13H2,1H3,(H,25,27). The maximum Gasteiger partial charge on any atom is 0.265 e. The Hall–Kier alpha value is -4.13. The zero-order valence-electron chi connectivity index (χ0n) is 16.1.